The summed E-state index contributed by atoms with van der Waals surface area (Å²) in [6.45, 7) is 0. The molecule has 10 aromatic carbocycles. The minimum absolute atomic E-state index is 0.536. The topological polar surface area (TPSA) is 53.5 Å². The Balaban J connectivity index is 1.13. The minimum Gasteiger partial charge on any atom is -0.308 e. The third-order valence-electron chi connectivity index (χ3n) is 13.5. The highest BCUT2D eigenvalue weighted by Gasteiger charge is 2.26. The second kappa shape index (κ2) is 14.7. The van der Waals surface area contributed by atoms with E-state index in [0.29, 0.717) is 17.6 Å². The van der Waals surface area contributed by atoms with Crippen LogP contribution in [0.2, 0.25) is 0 Å². The van der Waals surface area contributed by atoms with Crippen LogP contribution in [0.1, 0.15) is 0 Å². The SMILES string of the molecule is c1ccc(-c2ccc(-c3nc(-c4ccccc4)nc(-n4c5cccc(-n6c7ccccc7c7ccc8ccccc8c76)c5c5cccc(-n6c7ccccc7c7ccccc76)c54)n3)cc2)cc1. The second-order valence-corrected chi connectivity index (χ2v) is 17.2. The van der Waals surface area contributed by atoms with Crippen molar-refractivity contribution in [1.82, 2.24) is 28.7 Å². The first-order chi connectivity index (χ1) is 33.3. The average Bonchev–Trinajstić information content (AvgIpc) is 4.05. The summed E-state index contributed by atoms with van der Waals surface area (Å²) >= 11 is 0. The highest BCUT2D eigenvalue weighted by atomic mass is 15.2. The van der Waals surface area contributed by atoms with Gasteiger partial charge in [-0.15, -0.1) is 0 Å². The molecule has 0 saturated carbocycles. The van der Waals surface area contributed by atoms with Crippen LogP contribution in [0.3, 0.4) is 0 Å². The summed E-state index contributed by atoms with van der Waals surface area (Å²) in [5.41, 5.74) is 12.8. The van der Waals surface area contributed by atoms with Crippen molar-refractivity contribution >= 4 is 76.2 Å². The molecule has 14 rings (SSSR count). The molecule has 0 bridgehead atoms. The fraction of sp³-hybridized carbons (Fsp3) is 0. The number of hydrogen-bond donors (Lipinski definition) is 0. The van der Waals surface area contributed by atoms with Crippen LogP contribution in [0.25, 0.3) is 127 Å². The van der Waals surface area contributed by atoms with Gasteiger partial charge >= 0.3 is 0 Å². The van der Waals surface area contributed by atoms with E-state index in [2.05, 4.69) is 220 Å². The molecule has 0 aliphatic heterocycles. The number of aromatic nitrogens is 6. The molecule has 0 aliphatic rings. The van der Waals surface area contributed by atoms with Crippen molar-refractivity contribution in [3.63, 3.8) is 0 Å². The quantitative estimate of drug-likeness (QED) is 0.167. The van der Waals surface area contributed by atoms with Crippen molar-refractivity contribution < 1.29 is 0 Å². The van der Waals surface area contributed by atoms with Crippen LogP contribution in [0, 0.1) is 0 Å². The number of benzene rings is 10. The lowest BCUT2D eigenvalue weighted by Gasteiger charge is -2.15. The van der Waals surface area contributed by atoms with Crippen LogP contribution in [0.15, 0.2) is 231 Å². The van der Waals surface area contributed by atoms with E-state index in [1.54, 1.807) is 0 Å². The molecule has 6 nitrogen and oxygen atoms in total. The molecule has 14 aromatic rings. The first kappa shape index (κ1) is 37.3. The summed E-state index contributed by atoms with van der Waals surface area (Å²) in [6, 6.07) is 82.1. The zero-order chi connectivity index (χ0) is 44.0. The Bertz CT molecular complexity index is 4200. The lowest BCUT2D eigenvalue weighted by Crippen LogP contribution is -2.08. The normalized spacial score (nSPS) is 11.9. The zero-order valence-electron chi connectivity index (χ0n) is 36.1. The lowest BCUT2D eigenvalue weighted by atomic mass is 10.0. The maximum atomic E-state index is 5.48. The van der Waals surface area contributed by atoms with E-state index in [1.165, 1.54) is 37.8 Å². The molecule has 67 heavy (non-hydrogen) atoms. The number of nitrogens with zero attached hydrogens (tertiary/aromatic N) is 6. The van der Waals surface area contributed by atoms with Crippen molar-refractivity contribution in [1.29, 1.82) is 0 Å². The average molecular weight is 855 g/mol. The number of hydrogen-bond acceptors (Lipinski definition) is 3. The predicted molar refractivity (Wildman–Crippen MR) is 277 cm³/mol. The van der Waals surface area contributed by atoms with Crippen molar-refractivity contribution in [2.45, 2.75) is 0 Å². The van der Waals surface area contributed by atoms with Gasteiger partial charge in [0.2, 0.25) is 5.95 Å². The lowest BCUT2D eigenvalue weighted by molar-refractivity contribution is 0.949. The molecule has 0 amide bonds. The number of para-hydroxylation sites is 4. The van der Waals surface area contributed by atoms with Gasteiger partial charge in [0.1, 0.15) is 0 Å². The van der Waals surface area contributed by atoms with Gasteiger partial charge in [0.15, 0.2) is 11.6 Å². The molecule has 4 heterocycles. The molecule has 312 valence electrons. The largest absolute Gasteiger partial charge is 0.308 e. The number of rotatable bonds is 6. The molecule has 0 radical (unpaired) electrons. The van der Waals surface area contributed by atoms with Gasteiger partial charge in [0, 0.05) is 48.8 Å². The van der Waals surface area contributed by atoms with Gasteiger partial charge < -0.3 is 9.13 Å². The van der Waals surface area contributed by atoms with Crippen molar-refractivity contribution in [2.75, 3.05) is 0 Å². The molecule has 0 saturated heterocycles. The molecule has 4 aromatic heterocycles. The molecular weight excluding hydrogens is 817 g/mol. The monoisotopic (exact) mass is 854 g/mol. The van der Waals surface area contributed by atoms with Gasteiger partial charge in [-0.05, 0) is 52.9 Å². The molecule has 0 unspecified atom stereocenters. The first-order valence-corrected chi connectivity index (χ1v) is 22.7. The van der Waals surface area contributed by atoms with Gasteiger partial charge in [-0.1, -0.05) is 194 Å². The van der Waals surface area contributed by atoms with Gasteiger partial charge in [-0.3, -0.25) is 4.57 Å². The molecule has 6 heteroatoms. The highest BCUT2D eigenvalue weighted by molar-refractivity contribution is 6.22. The summed E-state index contributed by atoms with van der Waals surface area (Å²) < 4.78 is 7.18. The molecule has 0 spiro atoms. The Hall–Kier alpha value is -9.13. The molecular formula is C61H38N6. The Morgan fingerprint density at radius 1 is 0.254 bits per heavy atom. The molecule has 0 fully saturated rings. The van der Waals surface area contributed by atoms with Gasteiger partial charge in [-0.2, -0.15) is 9.97 Å². The van der Waals surface area contributed by atoms with Crippen molar-refractivity contribution in [3.05, 3.63) is 231 Å². The Labute approximate surface area is 384 Å². The van der Waals surface area contributed by atoms with Crippen molar-refractivity contribution in [3.8, 4) is 51.2 Å². The van der Waals surface area contributed by atoms with E-state index in [-0.39, 0.29) is 0 Å². The highest BCUT2D eigenvalue weighted by Crippen LogP contribution is 2.44. The van der Waals surface area contributed by atoms with Crippen LogP contribution in [0.5, 0.6) is 0 Å². The van der Waals surface area contributed by atoms with Crippen LogP contribution in [0.4, 0.5) is 0 Å². The third-order valence-corrected chi connectivity index (χ3v) is 13.5. The van der Waals surface area contributed by atoms with E-state index in [1.807, 2.05) is 24.3 Å². The summed E-state index contributed by atoms with van der Waals surface area (Å²) in [5.74, 6) is 1.73. The predicted octanol–water partition coefficient (Wildman–Crippen LogP) is 15.3. The van der Waals surface area contributed by atoms with Gasteiger partial charge in [-0.25, -0.2) is 4.98 Å². The Kier molecular flexibility index (Phi) is 8.18. The minimum atomic E-state index is 0.536. The van der Waals surface area contributed by atoms with E-state index in [9.17, 15) is 0 Å². The fourth-order valence-electron chi connectivity index (χ4n) is 10.6. The van der Waals surface area contributed by atoms with Crippen LogP contribution >= 0.6 is 0 Å². The van der Waals surface area contributed by atoms with E-state index in [0.717, 1.165) is 72.0 Å². The smallest absolute Gasteiger partial charge is 0.238 e. The third kappa shape index (κ3) is 5.66. The number of fused-ring (bicyclic) bond motifs is 11. The Morgan fingerprint density at radius 2 is 0.731 bits per heavy atom. The van der Waals surface area contributed by atoms with E-state index in [4.69, 9.17) is 15.0 Å². The summed E-state index contributed by atoms with van der Waals surface area (Å²) in [5, 5.41) is 9.42. The van der Waals surface area contributed by atoms with Crippen LogP contribution in [-0.4, -0.2) is 28.7 Å². The molecule has 0 atom stereocenters. The van der Waals surface area contributed by atoms with Crippen LogP contribution < -0.4 is 0 Å². The van der Waals surface area contributed by atoms with Crippen molar-refractivity contribution in [2.24, 2.45) is 0 Å². The fourth-order valence-corrected chi connectivity index (χ4v) is 10.6. The molecule has 0 aliphatic carbocycles. The van der Waals surface area contributed by atoms with Gasteiger partial charge in [0.25, 0.3) is 0 Å². The van der Waals surface area contributed by atoms with Crippen LogP contribution in [-0.2, 0) is 0 Å². The first-order valence-electron chi connectivity index (χ1n) is 22.7. The summed E-state index contributed by atoms with van der Waals surface area (Å²) in [4.78, 5) is 16.1. The maximum absolute atomic E-state index is 5.48. The zero-order valence-corrected chi connectivity index (χ0v) is 36.1. The van der Waals surface area contributed by atoms with Gasteiger partial charge in [0.05, 0.1) is 44.5 Å². The Morgan fingerprint density at radius 3 is 1.42 bits per heavy atom. The summed E-state index contributed by atoms with van der Waals surface area (Å²) in [6.07, 6.45) is 0. The second-order valence-electron chi connectivity index (χ2n) is 17.2. The van der Waals surface area contributed by atoms with E-state index < -0.39 is 0 Å². The van der Waals surface area contributed by atoms with E-state index >= 15 is 0 Å². The maximum Gasteiger partial charge on any atom is 0.238 e. The standard InChI is InChI=1S/C61H38N6/c1-3-17-39(18-4-1)40-33-35-43(36-34-40)60-62-59(42-20-5-2-6-21-42)63-61(64-60)67-54-31-16-30-53(66-52-29-14-11-25-47(52)48-38-37-41-19-7-8-22-44(41)57(48)66)56(54)49-26-15-32-55(58(49)67)65-50-27-12-9-23-45(50)46-24-10-13-28-51(46)65/h1-38H. The summed E-state index contributed by atoms with van der Waals surface area (Å²) in [7, 11) is 0. The molecule has 0 N–H and O–H groups in total.